The summed E-state index contributed by atoms with van der Waals surface area (Å²) in [5.41, 5.74) is 1.69. The molecule has 2 aromatic carbocycles. The molecule has 0 aliphatic rings. The van der Waals surface area contributed by atoms with E-state index in [1.54, 1.807) is 12.1 Å². The van der Waals surface area contributed by atoms with Gasteiger partial charge in [0.15, 0.2) is 0 Å². The molecule has 0 aliphatic heterocycles. The Morgan fingerprint density at radius 1 is 0.727 bits per heavy atom. The fourth-order valence-corrected chi connectivity index (χ4v) is 4.01. The zero-order valence-electron chi connectivity index (χ0n) is 20.9. The van der Waals surface area contributed by atoms with Gasteiger partial charge >= 0.3 is 5.97 Å². The number of hydrogen-bond acceptors (Lipinski definition) is 3. The Labute approximate surface area is 201 Å². The van der Waals surface area contributed by atoms with Crippen LogP contribution in [-0.2, 0) is 11.3 Å². The van der Waals surface area contributed by atoms with E-state index in [1.165, 1.54) is 70.6 Å². The second-order valence-corrected chi connectivity index (χ2v) is 9.19. The molecule has 1 atom stereocenters. The van der Waals surface area contributed by atoms with Crippen molar-refractivity contribution < 1.29 is 14.3 Å². The zero-order chi connectivity index (χ0) is 23.6. The summed E-state index contributed by atoms with van der Waals surface area (Å²) in [7, 11) is 0. The number of carbonyl (C=O) groups is 1. The minimum absolute atomic E-state index is 0.0466. The van der Waals surface area contributed by atoms with Crippen LogP contribution in [-0.4, -0.2) is 12.1 Å². The molecule has 0 aliphatic carbocycles. The first-order valence-corrected chi connectivity index (χ1v) is 13.2. The van der Waals surface area contributed by atoms with Crippen LogP contribution in [0.25, 0.3) is 0 Å². The van der Waals surface area contributed by atoms with E-state index in [0.717, 1.165) is 24.2 Å². The summed E-state index contributed by atoms with van der Waals surface area (Å²) in [5, 5.41) is 0. The van der Waals surface area contributed by atoms with Crippen LogP contribution in [0.15, 0.2) is 54.6 Å². The summed E-state index contributed by atoms with van der Waals surface area (Å²) in [6.45, 7) is 4.78. The van der Waals surface area contributed by atoms with Gasteiger partial charge in [0, 0.05) is 0 Å². The fourth-order valence-electron chi connectivity index (χ4n) is 4.01. The summed E-state index contributed by atoms with van der Waals surface area (Å²) >= 11 is 0. The molecule has 0 amide bonds. The van der Waals surface area contributed by atoms with E-state index in [9.17, 15) is 4.79 Å². The molecule has 0 saturated carbocycles. The van der Waals surface area contributed by atoms with Crippen molar-refractivity contribution in [2.45, 2.75) is 110 Å². The minimum Gasteiger partial charge on any atom is -0.489 e. The molecule has 3 heteroatoms. The second kappa shape index (κ2) is 17.2. The van der Waals surface area contributed by atoms with Gasteiger partial charge in [-0.05, 0) is 49.6 Å². The molecule has 3 nitrogen and oxygen atoms in total. The van der Waals surface area contributed by atoms with Crippen molar-refractivity contribution in [2.24, 2.45) is 0 Å². The number of hydrogen-bond donors (Lipinski definition) is 0. The average Bonchev–Trinajstić information content (AvgIpc) is 2.84. The fraction of sp³-hybridized carbons (Fsp3) is 0.567. The van der Waals surface area contributed by atoms with Gasteiger partial charge in [0.1, 0.15) is 12.4 Å². The van der Waals surface area contributed by atoms with E-state index in [-0.39, 0.29) is 12.1 Å². The molecule has 0 unspecified atom stereocenters. The van der Waals surface area contributed by atoms with Gasteiger partial charge in [0.2, 0.25) is 0 Å². The molecule has 0 N–H and O–H groups in total. The quantitative estimate of drug-likeness (QED) is 0.167. The molecule has 2 aromatic rings. The Kier molecular flexibility index (Phi) is 14.1. The summed E-state index contributed by atoms with van der Waals surface area (Å²) in [4.78, 5) is 12.4. The van der Waals surface area contributed by atoms with Crippen LogP contribution in [0, 0.1) is 0 Å². The third kappa shape index (κ3) is 12.5. The maximum absolute atomic E-state index is 12.4. The van der Waals surface area contributed by atoms with Crippen LogP contribution >= 0.6 is 0 Å². The highest BCUT2D eigenvalue weighted by Gasteiger charge is 2.12. The van der Waals surface area contributed by atoms with Crippen molar-refractivity contribution in [1.82, 2.24) is 0 Å². The normalized spacial score (nSPS) is 11.8. The van der Waals surface area contributed by atoms with Crippen molar-refractivity contribution in [2.75, 3.05) is 0 Å². The zero-order valence-corrected chi connectivity index (χ0v) is 20.9. The Hall–Kier alpha value is -2.29. The van der Waals surface area contributed by atoms with Gasteiger partial charge in [0.05, 0.1) is 11.7 Å². The number of unbranched alkanes of at least 4 members (excludes halogenated alkanes) is 11. The molecular weight excluding hydrogens is 408 g/mol. The maximum atomic E-state index is 12.4. The lowest BCUT2D eigenvalue weighted by atomic mass is 10.0. The van der Waals surface area contributed by atoms with E-state index in [4.69, 9.17) is 9.47 Å². The first-order valence-electron chi connectivity index (χ1n) is 13.2. The molecule has 0 heterocycles. The van der Waals surface area contributed by atoms with Crippen LogP contribution in [0.4, 0.5) is 0 Å². The average molecular weight is 453 g/mol. The van der Waals surface area contributed by atoms with Crippen molar-refractivity contribution in [3.05, 3.63) is 65.7 Å². The summed E-state index contributed by atoms with van der Waals surface area (Å²) in [5.74, 6) is 0.496. The van der Waals surface area contributed by atoms with Gasteiger partial charge in [-0.1, -0.05) is 108 Å². The summed E-state index contributed by atoms with van der Waals surface area (Å²) in [6.07, 6.45) is 17.0. The highest BCUT2D eigenvalue weighted by atomic mass is 16.5. The van der Waals surface area contributed by atoms with Crippen molar-refractivity contribution >= 4 is 5.97 Å². The van der Waals surface area contributed by atoms with E-state index in [1.807, 2.05) is 49.4 Å². The number of benzene rings is 2. The van der Waals surface area contributed by atoms with Crippen molar-refractivity contribution in [3.8, 4) is 5.75 Å². The molecule has 0 fully saturated rings. The van der Waals surface area contributed by atoms with Gasteiger partial charge < -0.3 is 9.47 Å². The lowest BCUT2D eigenvalue weighted by Crippen LogP contribution is -2.15. The highest BCUT2D eigenvalue weighted by Crippen LogP contribution is 2.17. The molecule has 182 valence electrons. The summed E-state index contributed by atoms with van der Waals surface area (Å²) < 4.78 is 11.4. The number of carbonyl (C=O) groups excluding carboxylic acids is 1. The SMILES string of the molecule is CCCCCCCCCCCCCC[C@H](C)OC(=O)c1ccc(OCc2ccccc2)cc1. The van der Waals surface area contributed by atoms with Gasteiger partial charge in [0.25, 0.3) is 0 Å². The number of esters is 1. The van der Waals surface area contributed by atoms with Crippen LogP contribution in [0.2, 0.25) is 0 Å². The van der Waals surface area contributed by atoms with Crippen LogP contribution in [0.1, 0.15) is 113 Å². The predicted molar refractivity (Wildman–Crippen MR) is 138 cm³/mol. The molecule has 0 aromatic heterocycles. The standard InChI is InChI=1S/C30H44O3/c1-3-4-5-6-7-8-9-10-11-12-13-15-18-26(2)33-30(31)28-21-23-29(24-22-28)32-25-27-19-16-14-17-20-27/h14,16-17,19-24,26H,3-13,15,18,25H2,1-2H3/t26-/m0/s1. The highest BCUT2D eigenvalue weighted by molar-refractivity contribution is 5.89. The minimum atomic E-state index is -0.254. The van der Waals surface area contributed by atoms with Gasteiger partial charge in [-0.15, -0.1) is 0 Å². The summed E-state index contributed by atoms with van der Waals surface area (Å²) in [6, 6.07) is 17.3. The smallest absolute Gasteiger partial charge is 0.338 e. The van der Waals surface area contributed by atoms with Gasteiger partial charge in [-0.3, -0.25) is 0 Å². The third-order valence-corrected chi connectivity index (χ3v) is 6.11. The van der Waals surface area contributed by atoms with Gasteiger partial charge in [-0.2, -0.15) is 0 Å². The Balaban J connectivity index is 1.50. The largest absolute Gasteiger partial charge is 0.489 e. The predicted octanol–water partition coefficient (Wildman–Crippen LogP) is 8.90. The monoisotopic (exact) mass is 452 g/mol. The van der Waals surface area contributed by atoms with Crippen LogP contribution in [0.5, 0.6) is 5.75 Å². The molecule has 0 radical (unpaired) electrons. The first-order chi connectivity index (χ1) is 16.2. The topological polar surface area (TPSA) is 35.5 Å². The second-order valence-electron chi connectivity index (χ2n) is 9.19. The molecule has 0 spiro atoms. The molecule has 0 saturated heterocycles. The molecule has 0 bridgehead atoms. The lowest BCUT2D eigenvalue weighted by Gasteiger charge is -2.13. The molecular formula is C30H44O3. The molecule has 33 heavy (non-hydrogen) atoms. The van der Waals surface area contributed by atoms with E-state index >= 15 is 0 Å². The van der Waals surface area contributed by atoms with Crippen LogP contribution in [0.3, 0.4) is 0 Å². The number of ether oxygens (including phenoxy) is 2. The number of rotatable bonds is 18. The Morgan fingerprint density at radius 2 is 1.27 bits per heavy atom. The van der Waals surface area contributed by atoms with Crippen molar-refractivity contribution in [3.63, 3.8) is 0 Å². The molecule has 2 rings (SSSR count). The first kappa shape index (κ1) is 27.0. The van der Waals surface area contributed by atoms with E-state index in [2.05, 4.69) is 6.92 Å². The van der Waals surface area contributed by atoms with Crippen molar-refractivity contribution in [1.29, 1.82) is 0 Å². The van der Waals surface area contributed by atoms with E-state index < -0.39 is 0 Å². The Bertz CT molecular complexity index is 739. The van der Waals surface area contributed by atoms with Crippen LogP contribution < -0.4 is 4.74 Å². The third-order valence-electron chi connectivity index (χ3n) is 6.11. The lowest BCUT2D eigenvalue weighted by molar-refractivity contribution is 0.0319. The maximum Gasteiger partial charge on any atom is 0.338 e. The Morgan fingerprint density at radius 3 is 1.85 bits per heavy atom. The van der Waals surface area contributed by atoms with E-state index in [0.29, 0.717) is 12.2 Å². The van der Waals surface area contributed by atoms with Gasteiger partial charge in [-0.25, -0.2) is 4.79 Å².